The highest BCUT2D eigenvalue weighted by atomic mass is 32.1. The molecule has 1 fully saturated rings. The molecule has 2 aliphatic rings. The number of benzene rings is 1. The van der Waals surface area contributed by atoms with E-state index in [0.717, 1.165) is 11.1 Å². The first kappa shape index (κ1) is 31.6. The van der Waals surface area contributed by atoms with Gasteiger partial charge in [-0.3, -0.25) is 9.32 Å². The molecule has 1 aromatic carbocycles. The van der Waals surface area contributed by atoms with E-state index in [0.29, 0.717) is 0 Å². The van der Waals surface area contributed by atoms with Gasteiger partial charge in [0.05, 0.1) is 12.7 Å². The Morgan fingerprint density at radius 2 is 1.97 bits per heavy atom. The topological polar surface area (TPSA) is 139 Å². The van der Waals surface area contributed by atoms with Crippen LogP contribution in [0.2, 0.25) is 0 Å². The van der Waals surface area contributed by atoms with Crippen molar-refractivity contribution in [1.82, 2.24) is 15.3 Å². The van der Waals surface area contributed by atoms with E-state index in [1.54, 1.807) is 32.0 Å². The number of hydrogen-bond donors (Lipinski definition) is 5. The van der Waals surface area contributed by atoms with Gasteiger partial charge in [0.1, 0.15) is 34.5 Å². The first-order chi connectivity index (χ1) is 18.1. The van der Waals surface area contributed by atoms with Gasteiger partial charge in [0.15, 0.2) is 6.23 Å². The number of thiol groups is 1. The van der Waals surface area contributed by atoms with Crippen LogP contribution in [0.4, 0.5) is 13.2 Å². The van der Waals surface area contributed by atoms with E-state index >= 15 is 0 Å². The molecule has 0 saturated carbocycles. The lowest BCUT2D eigenvalue weighted by Crippen LogP contribution is -2.65. The molecule has 0 aromatic heterocycles. The molecule has 1 aromatic rings. The summed E-state index contributed by atoms with van der Waals surface area (Å²) in [5.41, 5.74) is -4.95. The molecule has 0 spiro atoms. The summed E-state index contributed by atoms with van der Waals surface area (Å²) < 4.78 is 77.3. The molecular formula is C22H29F3N3O8PS2. The van der Waals surface area contributed by atoms with Gasteiger partial charge >= 0.3 is 19.9 Å². The molecule has 0 radical (unpaired) electrons. The van der Waals surface area contributed by atoms with Gasteiger partial charge < -0.3 is 34.4 Å². The fourth-order valence-corrected chi connectivity index (χ4v) is 5.81. The van der Waals surface area contributed by atoms with E-state index in [9.17, 15) is 32.7 Å². The van der Waals surface area contributed by atoms with Crippen molar-refractivity contribution in [3.05, 3.63) is 42.6 Å². The Kier molecular flexibility index (Phi) is 9.98. The Morgan fingerprint density at radius 1 is 1.33 bits per heavy atom. The summed E-state index contributed by atoms with van der Waals surface area (Å²) >= 11 is 9.09. The van der Waals surface area contributed by atoms with Crippen LogP contribution in [0.3, 0.4) is 0 Å². The van der Waals surface area contributed by atoms with Crippen LogP contribution in [-0.4, -0.2) is 80.5 Å². The molecule has 7 atom stereocenters. The Bertz CT molecular complexity index is 1120. The van der Waals surface area contributed by atoms with Crippen LogP contribution in [0.5, 0.6) is 5.75 Å². The molecule has 2 aliphatic heterocycles. The third kappa shape index (κ3) is 7.24. The lowest BCUT2D eigenvalue weighted by molar-refractivity contribution is -0.307. The molecule has 17 heteroatoms. The van der Waals surface area contributed by atoms with Crippen LogP contribution in [0, 0.1) is 0 Å². The molecule has 11 nitrogen and oxygen atoms in total. The zero-order chi connectivity index (χ0) is 29.2. The van der Waals surface area contributed by atoms with Crippen molar-refractivity contribution in [2.24, 2.45) is 0 Å². The highest BCUT2D eigenvalue weighted by Gasteiger charge is 2.71. The summed E-state index contributed by atoms with van der Waals surface area (Å²) in [7, 11) is -4.51. The molecular weight excluding hydrogens is 586 g/mol. The average molecular weight is 616 g/mol. The van der Waals surface area contributed by atoms with Crippen molar-refractivity contribution in [2.45, 2.75) is 68.6 Å². The zero-order valence-electron chi connectivity index (χ0n) is 20.9. The summed E-state index contributed by atoms with van der Waals surface area (Å²) in [6.45, 7) is 3.59. The molecule has 2 heterocycles. The number of esters is 1. The van der Waals surface area contributed by atoms with E-state index < -0.39 is 68.2 Å². The maximum absolute atomic E-state index is 14.1. The number of rotatable bonds is 10. The van der Waals surface area contributed by atoms with Crippen LogP contribution in [-0.2, 0) is 23.4 Å². The fraction of sp³-hybridized carbons (Fsp3) is 0.545. The molecule has 39 heavy (non-hydrogen) atoms. The number of carbonyl (C=O) groups is 1. The lowest BCUT2D eigenvalue weighted by Gasteiger charge is -2.42. The van der Waals surface area contributed by atoms with Gasteiger partial charge in [0.2, 0.25) is 5.60 Å². The third-order valence-electron chi connectivity index (χ3n) is 5.59. The minimum absolute atomic E-state index is 0.0498. The maximum Gasteiger partial charge on any atom is 0.459 e. The number of carbonyl (C=O) groups excluding carboxylic acids is 1. The van der Waals surface area contributed by atoms with E-state index in [-0.39, 0.29) is 10.7 Å². The number of thiocarbonyl (C=S) groups is 1. The van der Waals surface area contributed by atoms with Crippen molar-refractivity contribution in [3.63, 3.8) is 0 Å². The predicted octanol–water partition coefficient (Wildman–Crippen LogP) is 2.46. The number of halogens is 3. The molecule has 0 amide bonds. The molecule has 3 unspecified atom stereocenters. The summed E-state index contributed by atoms with van der Waals surface area (Å²) in [4.78, 5) is 13.3. The second kappa shape index (κ2) is 12.3. The van der Waals surface area contributed by atoms with Crippen molar-refractivity contribution >= 4 is 43.6 Å². The summed E-state index contributed by atoms with van der Waals surface area (Å²) in [6.07, 6.45) is -10.1. The highest BCUT2D eigenvalue weighted by molar-refractivity contribution is 7.82. The predicted molar refractivity (Wildman–Crippen MR) is 140 cm³/mol. The second-order valence-electron chi connectivity index (χ2n) is 8.97. The number of nitrogens with one attached hydrogen (secondary N) is 2. The van der Waals surface area contributed by atoms with E-state index in [4.69, 9.17) is 30.7 Å². The number of nitrogens with zero attached hydrogens (tertiary/aromatic N) is 1. The minimum atomic E-state index is -5.37. The van der Waals surface area contributed by atoms with Crippen LogP contribution in [0.1, 0.15) is 20.8 Å². The van der Waals surface area contributed by atoms with Crippen LogP contribution < -0.4 is 14.9 Å². The number of alkyl halides is 3. The third-order valence-corrected chi connectivity index (χ3v) is 7.89. The van der Waals surface area contributed by atoms with Crippen LogP contribution in [0.25, 0.3) is 0 Å². The summed E-state index contributed by atoms with van der Waals surface area (Å²) in [5.74, 6) is -0.745. The summed E-state index contributed by atoms with van der Waals surface area (Å²) in [6, 6.07) is 6.42. The Labute approximate surface area is 233 Å². The summed E-state index contributed by atoms with van der Waals surface area (Å²) in [5, 5.41) is 26.3. The van der Waals surface area contributed by atoms with Gasteiger partial charge in [-0.1, -0.05) is 30.4 Å². The Hall–Kier alpha value is -1.91. The molecule has 1 saturated heterocycles. The van der Waals surface area contributed by atoms with Gasteiger partial charge in [-0.15, -0.1) is 12.6 Å². The number of ether oxygens (including phenoxy) is 2. The van der Waals surface area contributed by atoms with E-state index in [1.807, 2.05) is 0 Å². The maximum atomic E-state index is 14.1. The number of aliphatic hydroxyl groups excluding tert-OH is 1. The van der Waals surface area contributed by atoms with Crippen molar-refractivity contribution in [2.75, 3.05) is 6.61 Å². The smallest absolute Gasteiger partial charge is 0.459 e. The zero-order valence-corrected chi connectivity index (χ0v) is 23.5. The highest BCUT2D eigenvalue weighted by Crippen LogP contribution is 2.49. The van der Waals surface area contributed by atoms with Gasteiger partial charge in [0, 0.05) is 6.20 Å². The van der Waals surface area contributed by atoms with Crippen LogP contribution >= 0.6 is 32.6 Å². The Morgan fingerprint density at radius 3 is 2.54 bits per heavy atom. The average Bonchev–Trinajstić information content (AvgIpc) is 3.09. The standard InChI is InChI=1S/C22H29F3N3O8PS2/c1-12(2)34-18(30)13(3)27-37(32,36-14-7-5-4-6-8-14)33-11-15-17(29)21(31,22(23,24)25)19(35-15)28-10-9-16(38)26-20(28)39/h4-10,12-13,15,17,19-20,29,31,39H,11H2,1-3H3,(H,26,38)(H,27,32)/t13-,15+,17-,19+,20?,21?,37?/m0/s1. The second-order valence-corrected chi connectivity index (χ2v) is 11.6. The SMILES string of the molecule is CC(C)OC(=O)[C@H](C)NP(=O)(OC[C@H]1O[C@@H](N2C=CC(=S)NC2S)C(O)(C(F)(F)F)[C@H]1O)Oc1ccccc1. The van der Waals surface area contributed by atoms with Crippen molar-refractivity contribution in [1.29, 1.82) is 0 Å². The first-order valence-electron chi connectivity index (χ1n) is 11.6. The molecule has 4 N–H and O–H groups in total. The van der Waals surface area contributed by atoms with Crippen molar-refractivity contribution in [3.8, 4) is 5.75 Å². The largest absolute Gasteiger partial charge is 0.462 e. The fourth-order valence-electron chi connectivity index (χ4n) is 3.71. The van der Waals surface area contributed by atoms with Crippen molar-refractivity contribution < 1.29 is 51.3 Å². The molecule has 0 aliphatic carbocycles. The quantitative estimate of drug-likeness (QED) is 0.114. The number of para-hydroxylation sites is 1. The van der Waals surface area contributed by atoms with Gasteiger partial charge in [0.25, 0.3) is 0 Å². The van der Waals surface area contributed by atoms with E-state index in [1.165, 1.54) is 25.1 Å². The van der Waals surface area contributed by atoms with Gasteiger partial charge in [-0.2, -0.15) is 18.3 Å². The first-order valence-corrected chi connectivity index (χ1v) is 14.1. The molecule has 0 bridgehead atoms. The Balaban J connectivity index is 1.85. The van der Waals surface area contributed by atoms with Gasteiger partial charge in [-0.05, 0) is 39.0 Å². The lowest BCUT2D eigenvalue weighted by atomic mass is 9.92. The van der Waals surface area contributed by atoms with Gasteiger partial charge in [-0.25, -0.2) is 4.57 Å². The minimum Gasteiger partial charge on any atom is -0.462 e. The number of aliphatic hydroxyl groups is 2. The molecule has 3 rings (SSSR count). The monoisotopic (exact) mass is 615 g/mol. The molecule has 218 valence electrons. The van der Waals surface area contributed by atoms with Crippen LogP contribution in [0.15, 0.2) is 42.6 Å². The number of hydrogen-bond acceptors (Lipinski definition) is 11. The normalized spacial score (nSPS) is 29.6. The van der Waals surface area contributed by atoms with E-state index in [2.05, 4.69) is 23.0 Å².